The number of ether oxygens (including phenoxy) is 1. The number of carbonyl (C=O) groups excluding carboxylic acids is 2. The number of carbonyl (C=O) groups is 3. The molecule has 206 valence electrons. The molecule has 8 nitrogen and oxygen atoms in total. The molecule has 2 N–H and O–H groups in total. The number of carboxylic acids is 1. The summed E-state index contributed by atoms with van der Waals surface area (Å²) in [6.07, 6.45) is 8.19. The molecule has 8 heteroatoms. The molecule has 0 radical (unpaired) electrons. The normalized spacial score (nSPS) is 19.2. The Morgan fingerprint density at radius 2 is 1.79 bits per heavy atom. The number of nitrogens with one attached hydrogen (secondary N) is 1. The van der Waals surface area contributed by atoms with Crippen LogP contribution in [0.4, 0.5) is 0 Å². The van der Waals surface area contributed by atoms with Gasteiger partial charge >= 0.3 is 5.97 Å². The first-order valence-electron chi connectivity index (χ1n) is 14.1. The molecule has 2 fully saturated rings. The average molecular weight is 532 g/mol. The number of rotatable bonds is 12. The fourth-order valence-corrected chi connectivity index (χ4v) is 5.97. The van der Waals surface area contributed by atoms with Gasteiger partial charge in [0.1, 0.15) is 0 Å². The molecule has 39 heavy (non-hydrogen) atoms. The van der Waals surface area contributed by atoms with Crippen LogP contribution in [-0.4, -0.2) is 46.9 Å². The Morgan fingerprint density at radius 3 is 2.46 bits per heavy atom. The highest BCUT2D eigenvalue weighted by atomic mass is 16.5. The second kappa shape index (κ2) is 12.0. The zero-order chi connectivity index (χ0) is 27.2. The molecule has 2 aromatic rings. The lowest BCUT2D eigenvalue weighted by Crippen LogP contribution is -2.36. The average Bonchev–Trinajstić information content (AvgIpc) is 3.47. The summed E-state index contributed by atoms with van der Waals surface area (Å²) in [5.74, 6) is -0.334. The van der Waals surface area contributed by atoms with Crippen LogP contribution in [0.2, 0.25) is 0 Å². The fourth-order valence-electron chi connectivity index (χ4n) is 5.97. The Balaban J connectivity index is 1.21. The van der Waals surface area contributed by atoms with Gasteiger partial charge in [-0.05, 0) is 73.1 Å². The lowest BCUT2D eigenvalue weighted by Gasteiger charge is -2.25. The van der Waals surface area contributed by atoms with Gasteiger partial charge in [-0.3, -0.25) is 14.4 Å². The van der Waals surface area contributed by atoms with Crippen molar-refractivity contribution in [3.63, 3.8) is 0 Å². The van der Waals surface area contributed by atoms with Crippen LogP contribution in [0.1, 0.15) is 80.4 Å². The quantitative estimate of drug-likeness (QED) is 0.381. The van der Waals surface area contributed by atoms with Crippen molar-refractivity contribution in [3.8, 4) is 0 Å². The molecule has 2 amide bonds. The molecule has 2 saturated carbocycles. The minimum absolute atomic E-state index is 0.0484. The number of aliphatic carboxylic acids is 1. The number of hydrazone groups is 1. The van der Waals surface area contributed by atoms with E-state index in [0.29, 0.717) is 24.9 Å². The van der Waals surface area contributed by atoms with Gasteiger partial charge < -0.3 is 15.2 Å². The summed E-state index contributed by atoms with van der Waals surface area (Å²) in [5.41, 5.74) is 2.70. The third-order valence-corrected chi connectivity index (χ3v) is 8.34. The van der Waals surface area contributed by atoms with Crippen LogP contribution in [0.25, 0.3) is 0 Å². The summed E-state index contributed by atoms with van der Waals surface area (Å²) in [4.78, 5) is 37.0. The van der Waals surface area contributed by atoms with Crippen LogP contribution >= 0.6 is 0 Å². The van der Waals surface area contributed by atoms with Crippen LogP contribution in [0.15, 0.2) is 59.7 Å². The highest BCUT2D eigenvalue weighted by Crippen LogP contribution is 2.52. The minimum Gasteiger partial charge on any atom is -0.481 e. The molecule has 0 spiro atoms. The lowest BCUT2D eigenvalue weighted by atomic mass is 9.83. The smallest absolute Gasteiger partial charge is 0.303 e. The molecule has 2 aromatic carbocycles. The SMILES string of the molecule is O=C(O)CC1(CCCNC(=O)C(c2ccc(CN3N=C(c4ccccc4)OCC3=O)cc2)C2CCCC2)CC1. The van der Waals surface area contributed by atoms with E-state index in [1.807, 2.05) is 54.6 Å². The van der Waals surface area contributed by atoms with Gasteiger partial charge in [-0.1, -0.05) is 55.3 Å². The van der Waals surface area contributed by atoms with Gasteiger partial charge in [0.05, 0.1) is 18.9 Å². The third-order valence-electron chi connectivity index (χ3n) is 8.34. The molecule has 1 heterocycles. The molecule has 1 aliphatic heterocycles. The van der Waals surface area contributed by atoms with Crippen molar-refractivity contribution < 1.29 is 24.2 Å². The number of hydrogen-bond acceptors (Lipinski definition) is 5. The number of nitrogens with zero attached hydrogens (tertiary/aromatic N) is 2. The molecular weight excluding hydrogens is 494 g/mol. The number of hydrogen-bond donors (Lipinski definition) is 2. The van der Waals surface area contributed by atoms with Crippen molar-refractivity contribution in [2.75, 3.05) is 13.2 Å². The first kappa shape index (κ1) is 26.9. The topological polar surface area (TPSA) is 108 Å². The van der Waals surface area contributed by atoms with E-state index in [1.54, 1.807) is 0 Å². The monoisotopic (exact) mass is 531 g/mol. The van der Waals surface area contributed by atoms with Gasteiger partial charge in [-0.15, -0.1) is 5.10 Å². The number of carboxylic acid groups (broad SMARTS) is 1. The van der Waals surface area contributed by atoms with Crippen LogP contribution in [0.5, 0.6) is 0 Å². The third kappa shape index (κ3) is 6.85. The van der Waals surface area contributed by atoms with Gasteiger partial charge in [-0.25, -0.2) is 5.01 Å². The Morgan fingerprint density at radius 1 is 1.08 bits per heavy atom. The molecule has 3 aliphatic rings. The molecule has 2 aliphatic carbocycles. The number of amides is 2. The van der Waals surface area contributed by atoms with Crippen molar-refractivity contribution >= 4 is 23.7 Å². The Labute approximate surface area is 229 Å². The second-order valence-corrected chi connectivity index (χ2v) is 11.2. The summed E-state index contributed by atoms with van der Waals surface area (Å²) in [6.45, 7) is 0.854. The highest BCUT2D eigenvalue weighted by molar-refractivity contribution is 5.97. The van der Waals surface area contributed by atoms with Crippen LogP contribution in [-0.2, 0) is 25.7 Å². The maximum absolute atomic E-state index is 13.4. The zero-order valence-corrected chi connectivity index (χ0v) is 22.3. The zero-order valence-electron chi connectivity index (χ0n) is 22.3. The van der Waals surface area contributed by atoms with Crippen LogP contribution in [0, 0.1) is 11.3 Å². The van der Waals surface area contributed by atoms with E-state index in [4.69, 9.17) is 9.84 Å². The Kier molecular flexibility index (Phi) is 8.29. The van der Waals surface area contributed by atoms with Gasteiger partial charge in [0, 0.05) is 12.1 Å². The van der Waals surface area contributed by atoms with Crippen LogP contribution < -0.4 is 5.32 Å². The molecule has 5 rings (SSSR count). The van der Waals surface area contributed by atoms with Gasteiger partial charge in [0.15, 0.2) is 6.61 Å². The predicted molar refractivity (Wildman–Crippen MR) is 147 cm³/mol. The molecule has 1 unspecified atom stereocenters. The fraction of sp³-hybridized carbons (Fsp3) is 0.484. The second-order valence-electron chi connectivity index (χ2n) is 11.2. The highest BCUT2D eigenvalue weighted by Gasteiger charge is 2.43. The summed E-state index contributed by atoms with van der Waals surface area (Å²) in [6, 6.07) is 17.5. The number of benzene rings is 2. The maximum atomic E-state index is 13.4. The van der Waals surface area contributed by atoms with E-state index in [0.717, 1.165) is 68.1 Å². The summed E-state index contributed by atoms with van der Waals surface area (Å²) < 4.78 is 5.55. The van der Waals surface area contributed by atoms with E-state index in [9.17, 15) is 14.4 Å². The minimum atomic E-state index is -0.734. The Bertz CT molecular complexity index is 1200. The molecular formula is C31H37N3O5. The van der Waals surface area contributed by atoms with Crippen molar-refractivity contribution in [1.82, 2.24) is 10.3 Å². The van der Waals surface area contributed by atoms with Crippen LogP contribution in [0.3, 0.4) is 0 Å². The van der Waals surface area contributed by atoms with Crippen molar-refractivity contribution in [3.05, 3.63) is 71.3 Å². The summed E-state index contributed by atoms with van der Waals surface area (Å²) >= 11 is 0. The van der Waals surface area contributed by atoms with Gasteiger partial charge in [0.2, 0.25) is 11.8 Å². The van der Waals surface area contributed by atoms with E-state index >= 15 is 0 Å². The van der Waals surface area contributed by atoms with E-state index in [1.165, 1.54) is 5.01 Å². The maximum Gasteiger partial charge on any atom is 0.303 e. The van der Waals surface area contributed by atoms with Crippen molar-refractivity contribution in [1.29, 1.82) is 0 Å². The largest absolute Gasteiger partial charge is 0.481 e. The molecule has 0 bridgehead atoms. The Hall–Kier alpha value is -3.68. The lowest BCUT2D eigenvalue weighted by molar-refractivity contribution is -0.138. The van der Waals surface area contributed by atoms with E-state index in [-0.39, 0.29) is 36.2 Å². The summed E-state index contributed by atoms with van der Waals surface area (Å²) in [7, 11) is 0. The molecule has 0 aromatic heterocycles. The molecule has 1 atom stereocenters. The first-order valence-corrected chi connectivity index (χ1v) is 14.1. The van der Waals surface area contributed by atoms with Crippen molar-refractivity contribution in [2.24, 2.45) is 16.4 Å². The first-order chi connectivity index (χ1) is 18.9. The standard InChI is InChI=1S/C31H37N3O5/c35-26-21-39-30(25-9-2-1-3-10-25)33-34(26)20-22-11-13-24(14-12-22)28(23-7-4-5-8-23)29(38)32-18-6-15-31(16-17-31)19-27(36)37/h1-3,9-14,23,28H,4-8,15-21H2,(H,32,38)(H,36,37). The predicted octanol–water partition coefficient (Wildman–Crippen LogP) is 4.83. The van der Waals surface area contributed by atoms with Gasteiger partial charge in [0.25, 0.3) is 5.91 Å². The van der Waals surface area contributed by atoms with Crippen molar-refractivity contribution in [2.45, 2.75) is 70.3 Å². The van der Waals surface area contributed by atoms with E-state index in [2.05, 4.69) is 10.4 Å². The van der Waals surface area contributed by atoms with E-state index < -0.39 is 5.97 Å². The van der Waals surface area contributed by atoms with Gasteiger partial charge in [-0.2, -0.15) is 0 Å². The summed E-state index contributed by atoms with van der Waals surface area (Å²) in [5, 5.41) is 18.2. The molecule has 0 saturated heterocycles.